The molecule has 0 amide bonds. The van der Waals surface area contributed by atoms with Crippen LogP contribution in [0.15, 0.2) is 23.1 Å². The largest absolute Gasteiger partial charge is 0.465 e. The average molecular weight is 267 g/mol. The normalized spacial score (nSPS) is 12.2. The Hall–Kier alpha value is -1.16. The van der Waals surface area contributed by atoms with Crippen LogP contribution in [-0.4, -0.2) is 17.8 Å². The van der Waals surface area contributed by atoms with Crippen molar-refractivity contribution in [1.82, 2.24) is 0 Å². The van der Waals surface area contributed by atoms with Crippen molar-refractivity contribution >= 4 is 23.4 Å². The second-order valence-electron chi connectivity index (χ2n) is 4.17. The number of carbonyl (C=O) groups excluding carboxylic acids is 1. The van der Waals surface area contributed by atoms with Gasteiger partial charge >= 0.3 is 5.97 Å². The van der Waals surface area contributed by atoms with E-state index in [0.717, 1.165) is 29.0 Å². The molecule has 1 aromatic carbocycles. The van der Waals surface area contributed by atoms with Gasteiger partial charge in [0.1, 0.15) is 5.25 Å². The number of rotatable bonds is 6. The van der Waals surface area contributed by atoms with E-state index in [1.807, 2.05) is 32.0 Å². The van der Waals surface area contributed by atoms with Crippen LogP contribution >= 0.6 is 11.8 Å². The van der Waals surface area contributed by atoms with Crippen LogP contribution in [-0.2, 0) is 9.53 Å². The maximum atomic E-state index is 11.8. The number of hydrogen-bond acceptors (Lipinski definition) is 4. The van der Waals surface area contributed by atoms with Gasteiger partial charge in [-0.25, -0.2) is 0 Å². The van der Waals surface area contributed by atoms with Crippen molar-refractivity contribution in [3.05, 3.63) is 23.8 Å². The topological polar surface area (TPSA) is 52.3 Å². The molecule has 0 fully saturated rings. The molecule has 100 valence electrons. The molecule has 1 rings (SSSR count). The molecule has 0 saturated carbocycles. The van der Waals surface area contributed by atoms with Gasteiger partial charge in [0.15, 0.2) is 0 Å². The standard InChI is InChI=1S/C14H21NO2S/c1-4-6-13(14(16)17-5-2)18-12-8-7-11(15)9-10(12)3/h7-9,13H,4-6,15H2,1-3H3. The third kappa shape index (κ3) is 4.26. The zero-order valence-electron chi connectivity index (χ0n) is 11.2. The summed E-state index contributed by atoms with van der Waals surface area (Å²) in [5.41, 5.74) is 7.58. The number of ether oxygens (including phenoxy) is 1. The molecule has 0 aliphatic rings. The maximum Gasteiger partial charge on any atom is 0.319 e. The van der Waals surface area contributed by atoms with Crippen LogP contribution in [0.25, 0.3) is 0 Å². The van der Waals surface area contributed by atoms with Crippen LogP contribution in [0, 0.1) is 6.92 Å². The fraction of sp³-hybridized carbons (Fsp3) is 0.500. The highest BCUT2D eigenvalue weighted by Gasteiger charge is 2.20. The van der Waals surface area contributed by atoms with Crippen LogP contribution in [0.5, 0.6) is 0 Å². The summed E-state index contributed by atoms with van der Waals surface area (Å²) in [6.45, 7) is 6.34. The Morgan fingerprint density at radius 1 is 1.44 bits per heavy atom. The van der Waals surface area contributed by atoms with Crippen LogP contribution in [0.3, 0.4) is 0 Å². The summed E-state index contributed by atoms with van der Waals surface area (Å²) in [4.78, 5) is 12.9. The third-order valence-corrected chi connectivity index (χ3v) is 3.99. The number of anilines is 1. The molecule has 1 atom stereocenters. The van der Waals surface area contributed by atoms with Crippen molar-refractivity contribution in [2.75, 3.05) is 12.3 Å². The van der Waals surface area contributed by atoms with Gasteiger partial charge in [0.2, 0.25) is 0 Å². The highest BCUT2D eigenvalue weighted by molar-refractivity contribution is 8.00. The van der Waals surface area contributed by atoms with Crippen LogP contribution in [0.1, 0.15) is 32.3 Å². The highest BCUT2D eigenvalue weighted by Crippen LogP contribution is 2.30. The zero-order valence-corrected chi connectivity index (χ0v) is 12.0. The molecule has 0 aromatic heterocycles. The molecule has 0 heterocycles. The number of nitrogen functional groups attached to an aromatic ring is 1. The van der Waals surface area contributed by atoms with Crippen LogP contribution < -0.4 is 5.73 Å². The van der Waals surface area contributed by atoms with Crippen molar-refractivity contribution in [1.29, 1.82) is 0 Å². The molecule has 0 bridgehead atoms. The Morgan fingerprint density at radius 2 is 2.17 bits per heavy atom. The summed E-state index contributed by atoms with van der Waals surface area (Å²) in [5.74, 6) is -0.124. The van der Waals surface area contributed by atoms with Gasteiger partial charge in [0.05, 0.1) is 6.61 Å². The van der Waals surface area contributed by atoms with Crippen molar-refractivity contribution in [2.45, 2.75) is 43.8 Å². The van der Waals surface area contributed by atoms with E-state index in [0.29, 0.717) is 6.61 Å². The van der Waals surface area contributed by atoms with Crippen molar-refractivity contribution in [3.63, 3.8) is 0 Å². The number of nitrogens with two attached hydrogens (primary N) is 1. The summed E-state index contributed by atoms with van der Waals surface area (Å²) in [5, 5.41) is -0.128. The summed E-state index contributed by atoms with van der Waals surface area (Å²) in [6, 6.07) is 5.76. The lowest BCUT2D eigenvalue weighted by Gasteiger charge is -2.15. The van der Waals surface area contributed by atoms with Gasteiger partial charge in [-0.15, -0.1) is 11.8 Å². The van der Waals surface area contributed by atoms with Crippen molar-refractivity contribution < 1.29 is 9.53 Å². The second-order valence-corrected chi connectivity index (χ2v) is 5.42. The number of carbonyl (C=O) groups is 1. The predicted octanol–water partition coefficient (Wildman–Crippen LogP) is 3.40. The molecule has 4 heteroatoms. The lowest BCUT2D eigenvalue weighted by molar-refractivity contribution is -0.142. The van der Waals surface area contributed by atoms with Gasteiger partial charge in [-0.05, 0) is 44.0 Å². The minimum absolute atomic E-state index is 0.124. The molecule has 1 unspecified atom stereocenters. The van der Waals surface area contributed by atoms with Crippen LogP contribution in [0.2, 0.25) is 0 Å². The first-order valence-electron chi connectivity index (χ1n) is 6.27. The summed E-state index contributed by atoms with van der Waals surface area (Å²) in [6.07, 6.45) is 1.79. The first kappa shape index (κ1) is 14.9. The quantitative estimate of drug-likeness (QED) is 0.487. The smallest absolute Gasteiger partial charge is 0.319 e. The number of aryl methyl sites for hydroxylation is 1. The molecule has 3 nitrogen and oxygen atoms in total. The number of hydrogen-bond donors (Lipinski definition) is 1. The Morgan fingerprint density at radius 3 is 2.72 bits per heavy atom. The Bertz CT molecular complexity index is 407. The van der Waals surface area contributed by atoms with E-state index in [2.05, 4.69) is 6.92 Å². The fourth-order valence-electron chi connectivity index (χ4n) is 1.68. The minimum atomic E-state index is -0.128. The fourth-order valence-corrected chi connectivity index (χ4v) is 2.90. The summed E-state index contributed by atoms with van der Waals surface area (Å²) < 4.78 is 5.11. The van der Waals surface area contributed by atoms with Gasteiger partial charge in [0, 0.05) is 10.6 Å². The zero-order chi connectivity index (χ0) is 13.5. The predicted molar refractivity (Wildman–Crippen MR) is 76.8 cm³/mol. The first-order chi connectivity index (χ1) is 8.58. The molecule has 0 aliphatic carbocycles. The summed E-state index contributed by atoms with van der Waals surface area (Å²) in [7, 11) is 0. The molecule has 2 N–H and O–H groups in total. The van der Waals surface area contributed by atoms with Gasteiger partial charge in [-0.1, -0.05) is 13.3 Å². The minimum Gasteiger partial charge on any atom is -0.465 e. The van der Waals surface area contributed by atoms with Gasteiger partial charge in [-0.3, -0.25) is 4.79 Å². The highest BCUT2D eigenvalue weighted by atomic mass is 32.2. The second kappa shape index (κ2) is 7.31. The van der Waals surface area contributed by atoms with E-state index < -0.39 is 0 Å². The molecular weight excluding hydrogens is 246 g/mol. The average Bonchev–Trinajstić information content (AvgIpc) is 2.32. The Labute approximate surface area is 113 Å². The SMILES string of the molecule is CCCC(Sc1ccc(N)cc1C)C(=O)OCC. The van der Waals surface area contributed by atoms with Crippen LogP contribution in [0.4, 0.5) is 5.69 Å². The van der Waals surface area contributed by atoms with Gasteiger partial charge in [0.25, 0.3) is 0 Å². The van der Waals surface area contributed by atoms with Crippen molar-refractivity contribution in [3.8, 4) is 0 Å². The molecule has 0 spiro atoms. The van der Waals surface area contributed by atoms with E-state index in [1.165, 1.54) is 0 Å². The van der Waals surface area contributed by atoms with Crippen molar-refractivity contribution in [2.24, 2.45) is 0 Å². The van der Waals surface area contributed by atoms with E-state index >= 15 is 0 Å². The molecule has 0 saturated heterocycles. The maximum absolute atomic E-state index is 11.8. The van der Waals surface area contributed by atoms with E-state index in [-0.39, 0.29) is 11.2 Å². The Balaban J connectivity index is 2.79. The molecular formula is C14H21NO2S. The number of thioether (sulfide) groups is 1. The lowest BCUT2D eigenvalue weighted by Crippen LogP contribution is -2.20. The molecule has 0 aliphatic heterocycles. The molecule has 18 heavy (non-hydrogen) atoms. The lowest BCUT2D eigenvalue weighted by atomic mass is 10.2. The molecule has 1 aromatic rings. The third-order valence-electron chi connectivity index (χ3n) is 2.57. The number of esters is 1. The van der Waals surface area contributed by atoms with Gasteiger partial charge < -0.3 is 10.5 Å². The van der Waals surface area contributed by atoms with Gasteiger partial charge in [-0.2, -0.15) is 0 Å². The van der Waals surface area contributed by atoms with E-state index in [1.54, 1.807) is 11.8 Å². The monoisotopic (exact) mass is 267 g/mol. The van der Waals surface area contributed by atoms with E-state index in [4.69, 9.17) is 10.5 Å². The Kier molecular flexibility index (Phi) is 6.05. The number of benzene rings is 1. The van der Waals surface area contributed by atoms with E-state index in [9.17, 15) is 4.79 Å². The molecule has 0 radical (unpaired) electrons. The summed E-state index contributed by atoms with van der Waals surface area (Å²) >= 11 is 1.57. The first-order valence-corrected chi connectivity index (χ1v) is 7.15.